The van der Waals surface area contributed by atoms with Crippen LogP contribution in [0.5, 0.6) is 0 Å². The first kappa shape index (κ1) is 56.4. The Hall–Kier alpha value is -6.89. The first-order chi connectivity index (χ1) is 32.7. The number of Topliss-reactive ketones (excluding diaryl/α,β-unsaturated/α-hetero) is 1. The lowest BCUT2D eigenvalue weighted by Crippen LogP contribution is -2.29. The van der Waals surface area contributed by atoms with E-state index in [-0.39, 0.29) is 36.1 Å². The van der Waals surface area contributed by atoms with Gasteiger partial charge in [0.2, 0.25) is 0 Å². The smallest absolute Gasteiger partial charge is 0.338 e. The number of esters is 3. The number of methoxy groups -OCH3 is 4. The molecule has 2 unspecified atom stereocenters. The summed E-state index contributed by atoms with van der Waals surface area (Å²) < 4.78 is 20.4. The molecule has 0 aliphatic carbocycles. The lowest BCUT2D eigenvalue weighted by atomic mass is 9.87. The zero-order chi connectivity index (χ0) is 51.5. The SMILES string of the molecule is CCOC.COC(=O)C1=C(C)Nc2cc(C)nn2C1c1nc(C)cs1.COC(=O)C1=C(C)Nc2n[nH]c(C)c2C1c1nc(C)cs1.COC(=O)CC(C)=O.Cc1cc(N)n[nH]1.Cc1csc(C=O)n1. The Morgan fingerprint density at radius 2 is 1.30 bits per heavy atom. The van der Waals surface area contributed by atoms with E-state index in [0.29, 0.717) is 22.0 Å². The molecule has 0 fully saturated rings. The highest BCUT2D eigenvalue weighted by atomic mass is 32.1. The summed E-state index contributed by atoms with van der Waals surface area (Å²) in [4.78, 5) is 67.7. The number of nitrogen functional groups attached to an aromatic ring is 1. The zero-order valence-corrected chi connectivity index (χ0v) is 43.6. The summed E-state index contributed by atoms with van der Waals surface area (Å²) in [5.74, 6) is 0.560. The molecule has 21 nitrogen and oxygen atoms in total. The van der Waals surface area contributed by atoms with Crippen molar-refractivity contribution in [2.75, 3.05) is 51.4 Å². The molecule has 24 heteroatoms. The van der Waals surface area contributed by atoms with Crippen LogP contribution in [0.2, 0.25) is 0 Å². The number of thiazole rings is 3. The number of carbonyl (C=O) groups is 5. The van der Waals surface area contributed by atoms with Crippen LogP contribution in [0.3, 0.4) is 0 Å². The van der Waals surface area contributed by atoms with E-state index in [9.17, 15) is 24.0 Å². The zero-order valence-electron chi connectivity index (χ0n) is 41.1. The van der Waals surface area contributed by atoms with E-state index in [4.69, 9.17) is 15.2 Å². The fourth-order valence-electron chi connectivity index (χ4n) is 6.26. The molecule has 0 bridgehead atoms. The molecule has 372 valence electrons. The predicted octanol–water partition coefficient (Wildman–Crippen LogP) is 7.26. The number of ether oxygens (including phenoxy) is 4. The number of allylic oxidation sites excluding steroid dienone is 2. The van der Waals surface area contributed by atoms with E-state index in [2.05, 4.69) is 60.6 Å². The van der Waals surface area contributed by atoms with Gasteiger partial charge in [-0.1, -0.05) is 0 Å². The van der Waals surface area contributed by atoms with Crippen LogP contribution in [0.15, 0.2) is 50.8 Å². The second-order valence-corrected chi connectivity index (χ2v) is 17.6. The first-order valence-electron chi connectivity index (χ1n) is 21.0. The standard InChI is InChI=1S/2C14H16N4O2S.C5H5NOS.C5H8O3.C4H7N3.C3H8O/c1-7-5-10-16-9(3)11(14(19)20-4)12(18(10)17-7)13-15-8(2)6-21-13;1-6-5-21-13(15-6)11-9-8(3)17-18-12(9)16-7(2)10(11)14(19)20-4;1-4-3-8-5(2-7)6-4;1-4(6)3-5(7)8-2;1-3-2-4(5)7-6-3;1-3-4-2/h5-6,12,16H,1-4H3;5,11H,1-4H3,(H2,16,17,18);2-3H,1H3;3H2,1-2H3;2H,1H3,(H3,5,6,7);3H2,1-2H3. The summed E-state index contributed by atoms with van der Waals surface area (Å²) in [5, 5.41) is 32.5. The molecule has 8 heterocycles. The van der Waals surface area contributed by atoms with E-state index in [1.165, 1.54) is 50.9 Å². The molecule has 6 N–H and O–H groups in total. The third-order valence-corrected chi connectivity index (χ3v) is 12.2. The Labute approximate surface area is 412 Å². The number of fused-ring (bicyclic) bond motifs is 2. The van der Waals surface area contributed by atoms with Crippen LogP contribution in [0.4, 0.5) is 17.5 Å². The van der Waals surface area contributed by atoms with Crippen LogP contribution < -0.4 is 16.4 Å². The van der Waals surface area contributed by atoms with Gasteiger partial charge in [-0.15, -0.1) is 34.0 Å². The van der Waals surface area contributed by atoms with Crippen molar-refractivity contribution >= 4 is 81.4 Å². The molecule has 69 heavy (non-hydrogen) atoms. The van der Waals surface area contributed by atoms with Crippen LogP contribution in [0.1, 0.15) is 106 Å². The Morgan fingerprint density at radius 1 is 0.739 bits per heavy atom. The van der Waals surface area contributed by atoms with Gasteiger partial charge in [-0.3, -0.25) is 24.6 Å². The molecule has 0 spiro atoms. The van der Waals surface area contributed by atoms with Crippen molar-refractivity contribution in [3.05, 3.63) is 106 Å². The molecule has 2 aliphatic rings. The Bertz CT molecular complexity index is 2720. The minimum atomic E-state index is -0.475. The average molecular weight is 1010 g/mol. The van der Waals surface area contributed by atoms with Gasteiger partial charge in [-0.05, 0) is 69.2 Å². The number of hydrogen-bond acceptors (Lipinski definition) is 21. The van der Waals surface area contributed by atoms with Gasteiger partial charge in [-0.25, -0.2) is 29.2 Å². The van der Waals surface area contributed by atoms with Crippen molar-refractivity contribution in [1.82, 2.24) is 45.1 Å². The van der Waals surface area contributed by atoms with E-state index >= 15 is 0 Å². The minimum absolute atomic E-state index is 0.115. The molecule has 2 aliphatic heterocycles. The van der Waals surface area contributed by atoms with Crippen molar-refractivity contribution in [3.63, 3.8) is 0 Å². The van der Waals surface area contributed by atoms with Crippen molar-refractivity contribution in [1.29, 1.82) is 0 Å². The van der Waals surface area contributed by atoms with E-state index in [0.717, 1.165) is 85.7 Å². The number of nitrogens with two attached hydrogens (primary N) is 1. The largest absolute Gasteiger partial charge is 0.469 e. The van der Waals surface area contributed by atoms with Crippen LogP contribution in [0.25, 0.3) is 0 Å². The lowest BCUT2D eigenvalue weighted by Gasteiger charge is -2.27. The first-order valence-corrected chi connectivity index (χ1v) is 23.6. The molecule has 0 radical (unpaired) electrons. The van der Waals surface area contributed by atoms with E-state index in [1.54, 1.807) is 29.2 Å². The minimum Gasteiger partial charge on any atom is -0.469 e. The molecule has 8 rings (SSSR count). The predicted molar refractivity (Wildman–Crippen MR) is 265 cm³/mol. The highest BCUT2D eigenvalue weighted by molar-refractivity contribution is 7.11. The summed E-state index contributed by atoms with van der Waals surface area (Å²) in [5.41, 5.74) is 14.4. The molecule has 2 atom stereocenters. The fourth-order valence-corrected chi connectivity index (χ4v) is 8.66. The molecular weight excluding hydrogens is 949 g/mol. The quantitative estimate of drug-likeness (QED) is 0.0434. The highest BCUT2D eigenvalue weighted by Crippen LogP contribution is 2.44. The number of aryl methyl sites for hydroxylation is 6. The Kier molecular flexibility index (Phi) is 22.2. The van der Waals surface area contributed by atoms with Crippen molar-refractivity contribution in [2.45, 2.75) is 87.6 Å². The van der Waals surface area contributed by atoms with Crippen LogP contribution in [-0.4, -0.2) is 110 Å². The third-order valence-electron chi connectivity index (χ3n) is 9.32. The monoisotopic (exact) mass is 1010 g/mol. The van der Waals surface area contributed by atoms with Crippen molar-refractivity contribution in [2.24, 2.45) is 0 Å². The number of carbonyl (C=O) groups excluding carboxylic acids is 5. The number of aldehydes is 1. The molecule has 6 aromatic rings. The normalized spacial score (nSPS) is 14.0. The number of anilines is 3. The molecule has 6 aromatic heterocycles. The number of nitrogens with zero attached hydrogens (tertiary/aromatic N) is 7. The van der Waals surface area contributed by atoms with Crippen LogP contribution in [-0.2, 0) is 38.1 Å². The van der Waals surface area contributed by atoms with Crippen molar-refractivity contribution < 1.29 is 42.9 Å². The van der Waals surface area contributed by atoms with Crippen LogP contribution >= 0.6 is 34.0 Å². The topological polar surface area (TPSA) is 286 Å². The number of hydrogen-bond donors (Lipinski definition) is 5. The van der Waals surface area contributed by atoms with Gasteiger partial charge < -0.3 is 35.3 Å². The number of aromatic nitrogens is 9. The highest BCUT2D eigenvalue weighted by Gasteiger charge is 2.38. The second-order valence-electron chi connectivity index (χ2n) is 15.0. The second kappa shape index (κ2) is 27.2. The Morgan fingerprint density at radius 3 is 1.72 bits per heavy atom. The molecule has 0 aromatic carbocycles. The van der Waals surface area contributed by atoms with Crippen molar-refractivity contribution in [3.8, 4) is 0 Å². The number of rotatable bonds is 8. The lowest BCUT2D eigenvalue weighted by molar-refractivity contribution is -0.143. The Balaban J connectivity index is 0.000000242. The van der Waals surface area contributed by atoms with Gasteiger partial charge in [0.05, 0.1) is 44.1 Å². The maximum Gasteiger partial charge on any atom is 0.338 e. The van der Waals surface area contributed by atoms with E-state index < -0.39 is 5.97 Å². The fraction of sp³-hybridized carbons (Fsp3) is 0.400. The maximum atomic E-state index is 12.2. The molecule has 0 saturated carbocycles. The van der Waals surface area contributed by atoms with Gasteiger partial charge in [0.1, 0.15) is 39.9 Å². The number of ketones is 1. The van der Waals surface area contributed by atoms with Gasteiger partial charge in [0, 0.05) is 87.4 Å². The summed E-state index contributed by atoms with van der Waals surface area (Å²) in [6.45, 7) is 19.4. The average Bonchev–Trinajstić information content (AvgIpc) is 4.20. The molecule has 0 saturated heterocycles. The summed E-state index contributed by atoms with van der Waals surface area (Å²) >= 11 is 4.43. The molecular formula is C45H60N12O9S3. The third kappa shape index (κ3) is 16.1. The van der Waals surface area contributed by atoms with Gasteiger partial charge >= 0.3 is 17.9 Å². The van der Waals surface area contributed by atoms with E-state index in [1.807, 2.05) is 84.5 Å². The van der Waals surface area contributed by atoms with Crippen LogP contribution in [0, 0.1) is 41.5 Å². The maximum absolute atomic E-state index is 12.2. The summed E-state index contributed by atoms with van der Waals surface area (Å²) in [6.07, 6.45) is 0.647. The summed E-state index contributed by atoms with van der Waals surface area (Å²) in [6, 6.07) is 3.38. The number of aromatic amines is 2. The van der Waals surface area contributed by atoms with Gasteiger partial charge in [0.15, 0.2) is 17.1 Å². The molecule has 0 amide bonds. The number of nitrogens with one attached hydrogen (secondary N) is 4. The number of H-pyrrole nitrogens is 2. The van der Waals surface area contributed by atoms with Gasteiger partial charge in [-0.2, -0.15) is 15.3 Å². The summed E-state index contributed by atoms with van der Waals surface area (Å²) in [7, 11) is 5.71. The van der Waals surface area contributed by atoms with Gasteiger partial charge in [0.25, 0.3) is 0 Å².